The van der Waals surface area contributed by atoms with Crippen molar-refractivity contribution in [2.24, 2.45) is 0 Å². The van der Waals surface area contributed by atoms with Crippen LogP contribution in [0, 0.1) is 17.9 Å². The molecule has 0 aromatic heterocycles. The van der Waals surface area contributed by atoms with Gasteiger partial charge in [-0.3, -0.25) is 0 Å². The molecule has 5 aromatic carbocycles. The van der Waals surface area contributed by atoms with E-state index in [1.54, 1.807) is 24.3 Å². The Labute approximate surface area is 291 Å². The maximum atomic E-state index is 15.1. The number of nitrogens with zero attached hydrogens (tertiary/aromatic N) is 4. The summed E-state index contributed by atoms with van der Waals surface area (Å²) in [4.78, 5) is 5.89. The van der Waals surface area contributed by atoms with Gasteiger partial charge in [0.05, 0.1) is 29.5 Å². The van der Waals surface area contributed by atoms with Crippen LogP contribution < -0.4 is 10.0 Å². The van der Waals surface area contributed by atoms with Crippen molar-refractivity contribution in [3.05, 3.63) is 147 Å². The number of phenols is 2. The molecule has 7 rings (SSSR count). The summed E-state index contributed by atoms with van der Waals surface area (Å²) >= 11 is 0. The number of hydrogen-bond acceptors (Lipinski definition) is 5. The topological polar surface area (TPSA) is 97.9 Å². The zero-order valence-corrected chi connectivity index (χ0v) is 28.5. The molecule has 0 unspecified atom stereocenters. The number of rotatable bonds is 6. The third kappa shape index (κ3) is 4.51. The number of benzene rings is 5. The summed E-state index contributed by atoms with van der Waals surface area (Å²) in [6, 6.07) is 28.4. The van der Waals surface area contributed by atoms with E-state index in [1.807, 2.05) is 60.7 Å². The molecule has 5 aromatic rings. The minimum absolute atomic E-state index is 0.00296. The third-order valence-corrected chi connectivity index (χ3v) is 10.1. The Morgan fingerprint density at radius 2 is 1.34 bits per heavy atom. The molecule has 0 bridgehead atoms. The molecule has 2 aliphatic carbocycles. The van der Waals surface area contributed by atoms with Gasteiger partial charge in [0, 0.05) is 46.0 Å². The van der Waals surface area contributed by atoms with Crippen LogP contribution in [0.5, 0.6) is 11.5 Å². The molecule has 7 heteroatoms. The van der Waals surface area contributed by atoms with Crippen molar-refractivity contribution in [1.82, 2.24) is 0 Å². The lowest BCUT2D eigenvalue weighted by molar-refractivity contribution is -0.519. The zero-order valence-electron chi connectivity index (χ0n) is 28.5. The van der Waals surface area contributed by atoms with Gasteiger partial charge in [-0.1, -0.05) is 66.4 Å². The lowest BCUT2D eigenvalue weighted by Gasteiger charge is -2.41. The molecule has 2 N–H and O–H groups in total. The highest BCUT2D eigenvalue weighted by molar-refractivity contribution is 6.26. The third-order valence-electron chi connectivity index (χ3n) is 10.1. The van der Waals surface area contributed by atoms with Crippen LogP contribution in [0.1, 0.15) is 55.5 Å². The second-order valence-corrected chi connectivity index (χ2v) is 12.3. The smallest absolute Gasteiger partial charge is 0.270 e. The van der Waals surface area contributed by atoms with Crippen molar-refractivity contribution in [2.45, 2.75) is 27.7 Å². The first-order valence-electron chi connectivity index (χ1n) is 17.0. The van der Waals surface area contributed by atoms with Gasteiger partial charge in [-0.05, 0) is 79.6 Å². The normalized spacial score (nSPS) is 16.0. The molecule has 0 saturated heterocycles. The highest BCUT2D eigenvalue weighted by Crippen LogP contribution is 2.57. The second-order valence-electron chi connectivity index (χ2n) is 12.3. The summed E-state index contributed by atoms with van der Waals surface area (Å²) < 4.78 is 2.23. The fraction of sp³-hybridized carbons (Fsp3) is 0.186. The average molecular weight is 657 g/mol. The van der Waals surface area contributed by atoms with E-state index in [-0.39, 0.29) is 39.7 Å². The summed E-state index contributed by atoms with van der Waals surface area (Å²) in [7, 11) is 0. The van der Waals surface area contributed by atoms with Crippen molar-refractivity contribution in [2.75, 3.05) is 31.1 Å². The van der Waals surface area contributed by atoms with Crippen LogP contribution in [0.2, 0.25) is 0 Å². The van der Waals surface area contributed by atoms with Crippen LogP contribution in [0.3, 0.4) is 0 Å². The van der Waals surface area contributed by atoms with Gasteiger partial charge in [0.15, 0.2) is 0 Å². The van der Waals surface area contributed by atoms with E-state index < -0.39 is 0 Å². The minimum Gasteiger partial charge on any atom is -0.872 e. The molecule has 0 heterocycles. The molecule has 246 valence electrons. The van der Waals surface area contributed by atoms with Gasteiger partial charge in [-0.25, -0.2) is 14.7 Å². The van der Waals surface area contributed by atoms with Gasteiger partial charge in [0.2, 0.25) is 5.71 Å². The van der Waals surface area contributed by atoms with Crippen LogP contribution in [-0.2, 0) is 0 Å². The first-order chi connectivity index (χ1) is 24.4. The lowest BCUT2D eigenvalue weighted by atomic mass is 9.69. The molecule has 0 amide bonds. The number of fused-ring (bicyclic) bond motifs is 4. The van der Waals surface area contributed by atoms with Crippen molar-refractivity contribution < 1.29 is 19.9 Å². The van der Waals surface area contributed by atoms with Gasteiger partial charge >= 0.3 is 0 Å². The number of nitriles is 1. The fourth-order valence-corrected chi connectivity index (χ4v) is 7.92. The Morgan fingerprint density at radius 3 is 2.00 bits per heavy atom. The highest BCUT2D eigenvalue weighted by Gasteiger charge is 2.40. The molecule has 0 saturated carbocycles. The molecular weight excluding hydrogens is 620 g/mol. The zero-order chi connectivity index (χ0) is 35.3. The summed E-state index contributed by atoms with van der Waals surface area (Å²) in [5, 5.41) is 51.5. The van der Waals surface area contributed by atoms with E-state index in [9.17, 15) is 15.5 Å². The number of hydrogen-bond donors (Lipinski definition) is 2. The first-order valence-corrected chi connectivity index (χ1v) is 17.0. The Kier molecular flexibility index (Phi) is 8.14. The van der Waals surface area contributed by atoms with E-state index in [0.717, 1.165) is 70.4 Å². The average Bonchev–Trinajstić information content (AvgIpc) is 3.14. The van der Waals surface area contributed by atoms with Crippen LogP contribution in [0.25, 0.3) is 37.5 Å². The van der Waals surface area contributed by atoms with Gasteiger partial charge in [0.25, 0.3) is 5.70 Å². The van der Waals surface area contributed by atoms with Gasteiger partial charge in [0.1, 0.15) is 24.6 Å². The van der Waals surface area contributed by atoms with Crippen molar-refractivity contribution >= 4 is 44.1 Å². The lowest BCUT2D eigenvalue weighted by Crippen LogP contribution is -2.30. The van der Waals surface area contributed by atoms with Crippen LogP contribution >= 0.6 is 0 Å². The number of allylic oxidation sites excluding steroid dienone is 3. The van der Waals surface area contributed by atoms with E-state index >= 15 is 5.11 Å². The van der Waals surface area contributed by atoms with Crippen molar-refractivity contribution in [3.63, 3.8) is 0 Å². The molecule has 0 aliphatic heterocycles. The summed E-state index contributed by atoms with van der Waals surface area (Å²) in [6.45, 7) is 19.3. The van der Waals surface area contributed by atoms with Crippen LogP contribution in [0.4, 0.5) is 5.69 Å². The minimum atomic E-state index is -0.355. The quantitative estimate of drug-likeness (QED) is 0.0828. The summed E-state index contributed by atoms with van der Waals surface area (Å²) in [5.41, 5.74) is 6.19. The number of anilines is 1. The van der Waals surface area contributed by atoms with Gasteiger partial charge in [-0.15, -0.1) is 0 Å². The predicted molar refractivity (Wildman–Crippen MR) is 198 cm³/mol. The fourth-order valence-electron chi connectivity index (χ4n) is 7.92. The highest BCUT2D eigenvalue weighted by atomic mass is 16.3. The predicted octanol–water partition coefficient (Wildman–Crippen LogP) is 7.74. The maximum Gasteiger partial charge on any atom is 0.270 e. The molecule has 7 nitrogen and oxygen atoms in total. The Hall–Kier alpha value is -6.31. The SMILES string of the molecule is [C-]#[N+]/C(C#N)=C1C(c2c3ccccc3c(N(CC)CC)c3cccc(O)c23)=C([O-])C/1=C1\c2ccccc2C(=[N+](CC)CC)c2cccc(O)c21. The van der Waals surface area contributed by atoms with Crippen molar-refractivity contribution in [3.8, 4) is 17.6 Å². The summed E-state index contributed by atoms with van der Waals surface area (Å²) in [6.07, 6.45) is 0. The standard InChI is InChI=1S/C43H36N4O3/c1-6-46(7-2)41-27-18-12-10-16-25(27)36(34-29(41)20-14-22-32(34)48)39-38(31(24-44)45-5)40(43(39)50)37-26-17-11-13-19-28(26)42(47(8-3)9-4)30-21-15-23-33(49)35(30)37/h10-23H,6-9H2,1-4H3,(H2-,48,49,50). The Morgan fingerprint density at radius 1 is 0.740 bits per heavy atom. The van der Waals surface area contributed by atoms with Crippen LogP contribution in [0.15, 0.2) is 108 Å². The molecule has 0 radical (unpaired) electrons. The number of phenolic OH excluding ortho intramolecular Hbond substituents is 2. The van der Waals surface area contributed by atoms with E-state index in [4.69, 9.17) is 6.57 Å². The largest absolute Gasteiger partial charge is 0.872 e. The van der Waals surface area contributed by atoms with E-state index in [0.29, 0.717) is 22.1 Å². The molecule has 0 spiro atoms. The monoisotopic (exact) mass is 656 g/mol. The maximum absolute atomic E-state index is 15.1. The van der Waals surface area contributed by atoms with Gasteiger partial charge in [-0.2, -0.15) is 0 Å². The Balaban J connectivity index is 1.69. The van der Waals surface area contributed by atoms with E-state index in [2.05, 4.69) is 48.1 Å². The molecule has 50 heavy (non-hydrogen) atoms. The van der Waals surface area contributed by atoms with Crippen molar-refractivity contribution in [1.29, 1.82) is 5.26 Å². The first kappa shape index (κ1) is 32.2. The molecule has 2 aliphatic rings. The van der Waals surface area contributed by atoms with E-state index in [1.165, 1.54) is 0 Å². The molecular formula is C43H36N4O3. The van der Waals surface area contributed by atoms with Crippen LogP contribution in [-0.4, -0.2) is 46.7 Å². The summed E-state index contributed by atoms with van der Waals surface area (Å²) in [5.74, 6) is -0.349. The number of aromatic hydroxyl groups is 2. The molecule has 0 atom stereocenters. The second kappa shape index (κ2) is 12.6. The Bertz CT molecular complexity index is 2460. The molecule has 0 fully saturated rings. The van der Waals surface area contributed by atoms with Gasteiger partial charge < -0.3 is 20.2 Å².